The molecule has 0 spiro atoms. The first-order valence-corrected chi connectivity index (χ1v) is 4.07. The van der Waals surface area contributed by atoms with E-state index in [0.717, 1.165) is 16.1 Å². The molecule has 0 bridgehead atoms. The van der Waals surface area contributed by atoms with Gasteiger partial charge in [0.05, 0.1) is 11.9 Å². The Morgan fingerprint density at radius 3 is 2.85 bits per heavy atom. The van der Waals surface area contributed by atoms with Crippen LogP contribution in [0.4, 0.5) is 5.69 Å². The van der Waals surface area contributed by atoms with Crippen LogP contribution in [0.15, 0.2) is 17.4 Å². The molecule has 0 fully saturated rings. The quantitative estimate of drug-likeness (QED) is 0.659. The van der Waals surface area contributed by atoms with Crippen LogP contribution in [0.1, 0.15) is 6.92 Å². The van der Waals surface area contributed by atoms with E-state index < -0.39 is 0 Å². The van der Waals surface area contributed by atoms with Crippen molar-refractivity contribution in [2.24, 2.45) is 4.99 Å². The van der Waals surface area contributed by atoms with Crippen LogP contribution < -0.4 is 15.8 Å². The molecule has 0 aliphatic carbocycles. The summed E-state index contributed by atoms with van der Waals surface area (Å²) in [6.07, 6.45) is 7.29. The van der Waals surface area contributed by atoms with E-state index in [2.05, 4.69) is 22.0 Å². The number of nitrogens with one attached hydrogen (secondary N) is 1. The summed E-state index contributed by atoms with van der Waals surface area (Å²) in [6, 6.07) is 0. The molecule has 1 aromatic rings. The van der Waals surface area contributed by atoms with Crippen molar-refractivity contribution in [3.63, 3.8) is 0 Å². The summed E-state index contributed by atoms with van der Waals surface area (Å²) < 4.78 is 0. The maximum absolute atomic E-state index is 4.09. The Labute approximate surface area is 77.5 Å². The highest BCUT2D eigenvalue weighted by molar-refractivity contribution is 5.50. The number of rotatable bonds is 2. The highest BCUT2D eigenvalue weighted by Crippen LogP contribution is 1.90. The molecule has 3 nitrogen and oxygen atoms in total. The topological polar surface area (TPSA) is 37.3 Å². The third kappa shape index (κ3) is 1.93. The Balaban J connectivity index is 3.58. The highest BCUT2D eigenvalue weighted by Gasteiger charge is 1.92. The van der Waals surface area contributed by atoms with E-state index in [9.17, 15) is 0 Å². The molecule has 1 N–H and O–H groups in total. The number of hydrogen-bond donors (Lipinski definition) is 1. The molecule has 3 heteroatoms. The minimum Gasteiger partial charge on any atom is -0.386 e. The summed E-state index contributed by atoms with van der Waals surface area (Å²) in [5.74, 6) is 0. The minimum atomic E-state index is 0.961. The van der Waals surface area contributed by atoms with Crippen LogP contribution in [0, 0.1) is 0 Å². The van der Waals surface area contributed by atoms with Gasteiger partial charge in [0.1, 0.15) is 0 Å². The molecule has 0 amide bonds. The first kappa shape index (κ1) is 9.45. The van der Waals surface area contributed by atoms with E-state index in [0.29, 0.717) is 0 Å². The minimum absolute atomic E-state index is 0.961. The van der Waals surface area contributed by atoms with Gasteiger partial charge >= 0.3 is 0 Å². The summed E-state index contributed by atoms with van der Waals surface area (Å²) in [5.41, 5.74) is 0.961. The summed E-state index contributed by atoms with van der Waals surface area (Å²) in [7, 11) is 1.86. The summed E-state index contributed by atoms with van der Waals surface area (Å²) in [5, 5.41) is 5.13. The van der Waals surface area contributed by atoms with Gasteiger partial charge in [0, 0.05) is 24.7 Å². The SMILES string of the molecule is C=N/C=c1/c(NC)cnc/c1=C/C. The average Bonchev–Trinajstić information content (AvgIpc) is 2.18. The third-order valence-electron chi connectivity index (χ3n) is 1.82. The normalized spacial score (nSPS) is 13.1. The summed E-state index contributed by atoms with van der Waals surface area (Å²) >= 11 is 0. The molecule has 0 saturated carbocycles. The zero-order chi connectivity index (χ0) is 9.68. The molecule has 0 aromatic carbocycles. The standard InChI is InChI=1S/C10H13N3/c1-4-8-5-13-7-10(12-3)9(8)6-11-2/h4-7,12H,2H2,1,3H3/b8-4-,9-6+. The second-order valence-electron chi connectivity index (χ2n) is 2.54. The van der Waals surface area contributed by atoms with Crippen LogP contribution >= 0.6 is 0 Å². The van der Waals surface area contributed by atoms with Gasteiger partial charge in [0.25, 0.3) is 0 Å². The fourth-order valence-electron chi connectivity index (χ4n) is 1.15. The smallest absolute Gasteiger partial charge is 0.0619 e. The Kier molecular flexibility index (Phi) is 3.20. The molecule has 0 saturated heterocycles. The molecular weight excluding hydrogens is 162 g/mol. The molecule has 68 valence electrons. The van der Waals surface area contributed by atoms with Crippen molar-refractivity contribution >= 4 is 24.7 Å². The lowest BCUT2D eigenvalue weighted by molar-refractivity contribution is 1.25. The first-order chi connectivity index (χ1) is 6.33. The molecule has 1 rings (SSSR count). The number of anilines is 1. The molecular formula is C10H13N3. The van der Waals surface area contributed by atoms with Crippen molar-refractivity contribution in [1.29, 1.82) is 0 Å². The monoisotopic (exact) mass is 175 g/mol. The number of pyridine rings is 1. The Morgan fingerprint density at radius 2 is 2.31 bits per heavy atom. The van der Waals surface area contributed by atoms with E-state index in [1.165, 1.54) is 0 Å². The molecule has 0 atom stereocenters. The van der Waals surface area contributed by atoms with E-state index >= 15 is 0 Å². The molecule has 0 aliphatic heterocycles. The van der Waals surface area contributed by atoms with Gasteiger partial charge in [-0.25, -0.2) is 0 Å². The van der Waals surface area contributed by atoms with Crippen LogP contribution in [0.2, 0.25) is 0 Å². The fraction of sp³-hybridized carbons (Fsp3) is 0.200. The molecule has 0 radical (unpaired) electrons. The van der Waals surface area contributed by atoms with E-state index in [4.69, 9.17) is 0 Å². The van der Waals surface area contributed by atoms with Gasteiger partial charge in [-0.15, -0.1) is 0 Å². The molecule has 1 heterocycles. The predicted octanol–water partition coefficient (Wildman–Crippen LogP) is 0.362. The zero-order valence-corrected chi connectivity index (χ0v) is 7.91. The largest absolute Gasteiger partial charge is 0.386 e. The number of nitrogens with zero attached hydrogens (tertiary/aromatic N) is 2. The molecule has 0 unspecified atom stereocenters. The maximum atomic E-state index is 4.09. The number of hydrogen-bond acceptors (Lipinski definition) is 3. The van der Waals surface area contributed by atoms with Crippen molar-refractivity contribution < 1.29 is 0 Å². The van der Waals surface area contributed by atoms with Gasteiger partial charge in [-0.2, -0.15) is 0 Å². The van der Waals surface area contributed by atoms with Gasteiger partial charge in [-0.05, 0) is 18.9 Å². The van der Waals surface area contributed by atoms with Gasteiger partial charge in [-0.1, -0.05) is 6.08 Å². The van der Waals surface area contributed by atoms with Crippen LogP contribution in [-0.4, -0.2) is 18.7 Å². The second-order valence-corrected chi connectivity index (χ2v) is 2.54. The molecule has 13 heavy (non-hydrogen) atoms. The van der Waals surface area contributed by atoms with Crippen molar-refractivity contribution in [1.82, 2.24) is 4.98 Å². The van der Waals surface area contributed by atoms with Crippen molar-refractivity contribution in [2.45, 2.75) is 6.92 Å². The van der Waals surface area contributed by atoms with Crippen molar-refractivity contribution in [3.8, 4) is 0 Å². The summed E-state index contributed by atoms with van der Waals surface area (Å²) in [6.45, 7) is 5.41. The van der Waals surface area contributed by atoms with Gasteiger partial charge in [-0.3, -0.25) is 9.98 Å². The molecule has 0 aliphatic rings. The van der Waals surface area contributed by atoms with Crippen LogP contribution in [0.3, 0.4) is 0 Å². The van der Waals surface area contributed by atoms with Gasteiger partial charge in [0.15, 0.2) is 0 Å². The van der Waals surface area contributed by atoms with Crippen molar-refractivity contribution in [2.75, 3.05) is 12.4 Å². The van der Waals surface area contributed by atoms with Crippen molar-refractivity contribution in [3.05, 3.63) is 22.8 Å². The second kappa shape index (κ2) is 4.40. The van der Waals surface area contributed by atoms with Gasteiger partial charge in [0.2, 0.25) is 0 Å². The van der Waals surface area contributed by atoms with Gasteiger partial charge < -0.3 is 5.32 Å². The van der Waals surface area contributed by atoms with Crippen LogP contribution in [0.25, 0.3) is 12.3 Å². The average molecular weight is 175 g/mol. The van der Waals surface area contributed by atoms with E-state index in [1.54, 1.807) is 18.6 Å². The lowest BCUT2D eigenvalue weighted by Crippen LogP contribution is -2.27. The third-order valence-corrected chi connectivity index (χ3v) is 1.82. The zero-order valence-electron chi connectivity index (χ0n) is 7.91. The Hall–Kier alpha value is -1.64. The van der Waals surface area contributed by atoms with Crippen LogP contribution in [0.5, 0.6) is 0 Å². The highest BCUT2D eigenvalue weighted by atomic mass is 14.8. The van der Waals surface area contributed by atoms with Crippen LogP contribution in [-0.2, 0) is 0 Å². The lowest BCUT2D eigenvalue weighted by Gasteiger charge is -1.99. The first-order valence-electron chi connectivity index (χ1n) is 4.07. The maximum Gasteiger partial charge on any atom is 0.0619 e. The predicted molar refractivity (Wildman–Crippen MR) is 57.2 cm³/mol. The lowest BCUT2D eigenvalue weighted by atomic mass is 10.2. The summed E-state index contributed by atoms with van der Waals surface area (Å²) in [4.78, 5) is 7.85. The van der Waals surface area contributed by atoms with E-state index in [1.807, 2.05) is 20.0 Å². The molecule has 1 aromatic heterocycles. The number of aromatic nitrogens is 1. The Bertz CT molecular complexity index is 407. The fourth-order valence-corrected chi connectivity index (χ4v) is 1.15. The Morgan fingerprint density at radius 1 is 1.54 bits per heavy atom. The number of aliphatic imine (C=N–C) groups is 1. The van der Waals surface area contributed by atoms with E-state index in [-0.39, 0.29) is 0 Å².